The first kappa shape index (κ1) is 24.2. The predicted molar refractivity (Wildman–Crippen MR) is 184 cm³/mol. The lowest BCUT2D eigenvalue weighted by molar-refractivity contribution is 1.24. The van der Waals surface area contributed by atoms with Crippen molar-refractivity contribution in [2.75, 3.05) is 0 Å². The van der Waals surface area contributed by atoms with Gasteiger partial charge in [0.05, 0.1) is 11.2 Å². The molecule has 200 valence electrons. The average molecular weight is 565 g/mol. The van der Waals surface area contributed by atoms with Gasteiger partial charge in [0.2, 0.25) is 0 Å². The van der Waals surface area contributed by atoms with E-state index in [0.717, 1.165) is 33.5 Å². The van der Waals surface area contributed by atoms with E-state index in [-0.39, 0.29) is 0 Å². The van der Waals surface area contributed by atoms with E-state index in [1.54, 1.807) is 0 Å². The molecule has 2 aromatic heterocycles. The highest BCUT2D eigenvalue weighted by Crippen LogP contribution is 2.44. The zero-order chi connectivity index (χ0) is 28.3. The molecule has 0 unspecified atom stereocenters. The van der Waals surface area contributed by atoms with Gasteiger partial charge in [0.1, 0.15) is 0 Å². The maximum Gasteiger partial charge on any atom is 0.160 e. The van der Waals surface area contributed by atoms with Crippen LogP contribution in [0, 0.1) is 0 Å². The number of thiophene rings is 1. The lowest BCUT2D eigenvalue weighted by atomic mass is 9.97. The summed E-state index contributed by atoms with van der Waals surface area (Å²) in [4.78, 5) is 10.7. The van der Waals surface area contributed by atoms with E-state index in [4.69, 9.17) is 9.97 Å². The minimum absolute atomic E-state index is 0.738. The summed E-state index contributed by atoms with van der Waals surface area (Å²) in [6.07, 6.45) is 0. The summed E-state index contributed by atoms with van der Waals surface area (Å²) >= 11 is 1.84. The molecule has 2 heterocycles. The van der Waals surface area contributed by atoms with Gasteiger partial charge in [-0.25, -0.2) is 9.97 Å². The highest BCUT2D eigenvalue weighted by Gasteiger charge is 2.19. The molecule has 43 heavy (non-hydrogen) atoms. The van der Waals surface area contributed by atoms with Crippen molar-refractivity contribution in [2.45, 2.75) is 0 Å². The number of fused-ring (bicyclic) bond motifs is 8. The lowest BCUT2D eigenvalue weighted by Crippen LogP contribution is -1.96. The molecule has 0 aliphatic heterocycles. The number of nitrogens with zero attached hydrogens (tertiary/aromatic N) is 2. The average Bonchev–Trinajstić information content (AvgIpc) is 3.48. The third-order valence-corrected chi connectivity index (χ3v) is 9.61. The van der Waals surface area contributed by atoms with Crippen molar-refractivity contribution in [3.8, 4) is 33.8 Å². The van der Waals surface area contributed by atoms with Gasteiger partial charge >= 0.3 is 0 Å². The Balaban J connectivity index is 1.39. The number of rotatable bonds is 3. The Kier molecular flexibility index (Phi) is 5.40. The fourth-order valence-electron chi connectivity index (χ4n) is 6.43. The van der Waals surface area contributed by atoms with Gasteiger partial charge in [-0.1, -0.05) is 127 Å². The van der Waals surface area contributed by atoms with Crippen LogP contribution < -0.4 is 0 Å². The third kappa shape index (κ3) is 3.86. The van der Waals surface area contributed by atoms with E-state index in [1.807, 2.05) is 17.4 Å². The Morgan fingerprint density at radius 3 is 1.86 bits per heavy atom. The van der Waals surface area contributed by atoms with Crippen LogP contribution >= 0.6 is 11.3 Å². The quantitative estimate of drug-likeness (QED) is 0.213. The van der Waals surface area contributed by atoms with Crippen LogP contribution in [0.5, 0.6) is 0 Å². The number of hydrogen-bond donors (Lipinski definition) is 0. The number of hydrogen-bond acceptors (Lipinski definition) is 3. The molecule has 9 aromatic rings. The molecule has 0 amide bonds. The SMILES string of the molecule is c1ccc(-c2ccc(-c3nc(-c4cccc5ccccc45)c4ccc5sc6ccc7ccccc7c6c5c4n3)cc2)cc1. The molecular weight excluding hydrogens is 541 g/mol. The standard InChI is InChI=1S/C40H24N2S/c1-2-9-25(10-3-1)26-17-19-29(20-18-26)40-41-38(32-16-8-13-27-11-4-6-14-30(27)32)33-22-24-35-37(39(33)42-40)36-31-15-7-5-12-28(31)21-23-34(36)43-35/h1-24H. The first-order valence-electron chi connectivity index (χ1n) is 14.5. The first-order valence-corrected chi connectivity index (χ1v) is 15.3. The smallest absolute Gasteiger partial charge is 0.160 e. The third-order valence-electron chi connectivity index (χ3n) is 8.49. The van der Waals surface area contributed by atoms with Crippen LogP contribution in [-0.4, -0.2) is 9.97 Å². The summed E-state index contributed by atoms with van der Waals surface area (Å²) in [7, 11) is 0. The molecule has 0 atom stereocenters. The Morgan fingerprint density at radius 1 is 0.395 bits per heavy atom. The molecule has 0 bridgehead atoms. The summed E-state index contributed by atoms with van der Waals surface area (Å²) in [5, 5.41) is 8.45. The van der Waals surface area contributed by atoms with E-state index in [9.17, 15) is 0 Å². The summed E-state index contributed by atoms with van der Waals surface area (Å²) in [6.45, 7) is 0. The molecule has 0 N–H and O–H groups in total. The molecule has 2 nitrogen and oxygen atoms in total. The fourth-order valence-corrected chi connectivity index (χ4v) is 7.55. The topological polar surface area (TPSA) is 25.8 Å². The number of aromatic nitrogens is 2. The molecule has 0 saturated heterocycles. The lowest BCUT2D eigenvalue weighted by Gasteiger charge is -2.13. The maximum absolute atomic E-state index is 5.37. The van der Waals surface area contributed by atoms with Gasteiger partial charge in [-0.2, -0.15) is 0 Å². The second kappa shape index (κ2) is 9.59. The summed E-state index contributed by atoms with van der Waals surface area (Å²) in [5.41, 5.74) is 6.46. The van der Waals surface area contributed by atoms with Crippen molar-refractivity contribution < 1.29 is 0 Å². The van der Waals surface area contributed by atoms with Crippen molar-refractivity contribution in [3.05, 3.63) is 146 Å². The fraction of sp³-hybridized carbons (Fsp3) is 0. The largest absolute Gasteiger partial charge is 0.227 e. The first-order chi connectivity index (χ1) is 21.3. The zero-order valence-electron chi connectivity index (χ0n) is 23.2. The highest BCUT2D eigenvalue weighted by atomic mass is 32.1. The van der Waals surface area contributed by atoms with Gasteiger partial charge in [0.25, 0.3) is 0 Å². The van der Waals surface area contributed by atoms with Gasteiger partial charge in [-0.05, 0) is 50.9 Å². The van der Waals surface area contributed by atoms with E-state index < -0.39 is 0 Å². The van der Waals surface area contributed by atoms with E-state index >= 15 is 0 Å². The predicted octanol–water partition coefficient (Wildman–Crippen LogP) is 11.3. The van der Waals surface area contributed by atoms with Crippen LogP contribution in [0.25, 0.3) is 86.4 Å². The molecule has 3 heteroatoms. The van der Waals surface area contributed by atoms with Crippen LogP contribution in [-0.2, 0) is 0 Å². The van der Waals surface area contributed by atoms with Gasteiger partial charge < -0.3 is 0 Å². The Labute approximate surface area is 252 Å². The number of benzene rings is 7. The molecule has 9 rings (SSSR count). The van der Waals surface area contributed by atoms with Gasteiger partial charge in [0, 0.05) is 36.7 Å². The molecule has 0 saturated carbocycles. The van der Waals surface area contributed by atoms with Gasteiger partial charge in [-0.15, -0.1) is 11.3 Å². The Morgan fingerprint density at radius 2 is 1.02 bits per heavy atom. The minimum Gasteiger partial charge on any atom is -0.227 e. The van der Waals surface area contributed by atoms with Crippen molar-refractivity contribution in [1.82, 2.24) is 9.97 Å². The summed E-state index contributed by atoms with van der Waals surface area (Å²) < 4.78 is 2.52. The van der Waals surface area contributed by atoms with Gasteiger partial charge in [-0.3, -0.25) is 0 Å². The molecular formula is C40H24N2S. The second-order valence-corrected chi connectivity index (χ2v) is 12.0. The molecule has 7 aromatic carbocycles. The summed E-state index contributed by atoms with van der Waals surface area (Å²) in [5.74, 6) is 0.738. The van der Waals surface area contributed by atoms with Crippen LogP contribution in [0.15, 0.2) is 146 Å². The highest BCUT2D eigenvalue weighted by molar-refractivity contribution is 7.26. The minimum atomic E-state index is 0.738. The van der Waals surface area contributed by atoms with Crippen LogP contribution in [0.2, 0.25) is 0 Å². The summed E-state index contributed by atoms with van der Waals surface area (Å²) in [6, 6.07) is 51.8. The molecule has 0 fully saturated rings. The van der Waals surface area contributed by atoms with E-state index in [2.05, 4.69) is 140 Å². The molecule has 0 spiro atoms. The van der Waals surface area contributed by atoms with Crippen molar-refractivity contribution in [3.63, 3.8) is 0 Å². The van der Waals surface area contributed by atoms with Crippen LogP contribution in [0.1, 0.15) is 0 Å². The monoisotopic (exact) mass is 564 g/mol. The normalized spacial score (nSPS) is 11.7. The Bertz CT molecular complexity index is 2490. The van der Waals surface area contributed by atoms with E-state index in [0.29, 0.717) is 0 Å². The van der Waals surface area contributed by atoms with Gasteiger partial charge in [0.15, 0.2) is 5.82 Å². The maximum atomic E-state index is 5.37. The van der Waals surface area contributed by atoms with Crippen LogP contribution in [0.3, 0.4) is 0 Å². The molecule has 0 radical (unpaired) electrons. The van der Waals surface area contributed by atoms with E-state index in [1.165, 1.54) is 52.8 Å². The molecule has 0 aliphatic rings. The van der Waals surface area contributed by atoms with Crippen molar-refractivity contribution in [1.29, 1.82) is 0 Å². The Hall–Kier alpha value is -5.38. The zero-order valence-corrected chi connectivity index (χ0v) is 24.0. The molecule has 0 aliphatic carbocycles. The van der Waals surface area contributed by atoms with Crippen molar-refractivity contribution in [2.24, 2.45) is 0 Å². The van der Waals surface area contributed by atoms with Crippen LogP contribution in [0.4, 0.5) is 0 Å². The van der Waals surface area contributed by atoms with Crippen molar-refractivity contribution >= 4 is 64.0 Å². The second-order valence-electron chi connectivity index (χ2n) is 11.0.